The summed E-state index contributed by atoms with van der Waals surface area (Å²) in [4.78, 5) is 37.1. The fraction of sp³-hybridized carbons (Fsp3) is 0.692. The number of pyridine rings is 1. The van der Waals surface area contributed by atoms with Crippen LogP contribution in [0.15, 0.2) is 23.5 Å². The van der Waals surface area contributed by atoms with Crippen molar-refractivity contribution < 1.29 is 36.5 Å². The second kappa shape index (κ2) is 10.1. The quantitative estimate of drug-likeness (QED) is 0.444. The van der Waals surface area contributed by atoms with Crippen molar-refractivity contribution in [2.45, 2.75) is 81.6 Å². The highest BCUT2D eigenvalue weighted by atomic mass is 19.4. The van der Waals surface area contributed by atoms with Gasteiger partial charge in [-0.1, -0.05) is 10.2 Å². The number of hydroxylamine groups is 2. The van der Waals surface area contributed by atoms with Gasteiger partial charge >= 0.3 is 12.2 Å². The van der Waals surface area contributed by atoms with E-state index < -0.39 is 48.7 Å². The van der Waals surface area contributed by atoms with Gasteiger partial charge in [-0.2, -0.15) is 13.2 Å². The molecule has 3 heterocycles. The van der Waals surface area contributed by atoms with Gasteiger partial charge in [0.2, 0.25) is 11.8 Å². The van der Waals surface area contributed by atoms with Crippen molar-refractivity contribution in [1.29, 1.82) is 0 Å². The molecule has 0 aromatic carbocycles. The molecule has 5 aliphatic rings. The number of alkyl halides is 5. The number of carbonyl (C=O) groups is 2. The first kappa shape index (κ1) is 27.2. The van der Waals surface area contributed by atoms with Crippen LogP contribution in [0.3, 0.4) is 0 Å². The van der Waals surface area contributed by atoms with Crippen molar-refractivity contribution in [2.24, 2.45) is 22.9 Å². The fourth-order valence-corrected chi connectivity index (χ4v) is 6.05. The van der Waals surface area contributed by atoms with Crippen molar-refractivity contribution in [3.8, 4) is 0 Å². The van der Waals surface area contributed by atoms with E-state index in [4.69, 9.17) is 4.94 Å². The molecule has 0 bridgehead atoms. The van der Waals surface area contributed by atoms with E-state index in [1.54, 1.807) is 12.1 Å². The van der Waals surface area contributed by atoms with E-state index in [2.05, 4.69) is 15.5 Å². The lowest BCUT2D eigenvalue weighted by atomic mass is 9.81. The molecule has 3 amide bonds. The van der Waals surface area contributed by atoms with Crippen LogP contribution in [-0.4, -0.2) is 69.9 Å². The molecule has 14 heteroatoms. The first-order valence-corrected chi connectivity index (χ1v) is 13.8. The van der Waals surface area contributed by atoms with Crippen LogP contribution < -0.4 is 10.6 Å². The monoisotopic (exact) mass is 570 g/mol. The lowest BCUT2D eigenvalue weighted by molar-refractivity contribution is -0.184. The third kappa shape index (κ3) is 5.72. The molecule has 9 nitrogen and oxygen atoms in total. The minimum atomic E-state index is -4.56. The normalized spacial score (nSPS) is 27.1. The Bertz CT molecular complexity index is 1180. The van der Waals surface area contributed by atoms with E-state index in [0.29, 0.717) is 18.0 Å². The topological polar surface area (TPSA) is 99.2 Å². The van der Waals surface area contributed by atoms with Crippen LogP contribution >= 0.6 is 0 Å². The Labute approximate surface area is 227 Å². The first-order chi connectivity index (χ1) is 19.0. The number of hydrogen-bond donors (Lipinski definition) is 2. The molecule has 3 atom stereocenters. The van der Waals surface area contributed by atoms with E-state index in [0.717, 1.165) is 31.4 Å². The van der Waals surface area contributed by atoms with E-state index in [1.807, 2.05) is 5.32 Å². The molecule has 3 aliphatic carbocycles. The van der Waals surface area contributed by atoms with Gasteiger partial charge in [-0.3, -0.25) is 9.73 Å². The van der Waals surface area contributed by atoms with Crippen molar-refractivity contribution >= 4 is 23.5 Å². The van der Waals surface area contributed by atoms with Crippen LogP contribution in [0, 0.1) is 17.8 Å². The van der Waals surface area contributed by atoms with Gasteiger partial charge in [-0.25, -0.2) is 18.6 Å². The number of oxime groups is 1. The SMILES string of the molecule is O=C(Nc1cc(C(C2CC2)N2C[C@@H](C(F)(F)F)NC2=O)ccn1)[C@H](C1CCC(F)(F)CC1)N1CC(C2CC2)=NO1. The molecule has 1 saturated heterocycles. The van der Waals surface area contributed by atoms with E-state index in [9.17, 15) is 31.5 Å². The molecule has 2 aliphatic heterocycles. The Balaban J connectivity index is 1.20. The zero-order chi connectivity index (χ0) is 28.2. The number of nitrogens with zero attached hydrogens (tertiary/aromatic N) is 4. The molecule has 0 radical (unpaired) electrons. The Morgan fingerprint density at radius 3 is 2.48 bits per heavy atom. The summed E-state index contributed by atoms with van der Waals surface area (Å²) in [7, 11) is 0. The number of aromatic nitrogens is 1. The Kier molecular flexibility index (Phi) is 6.86. The number of hydrogen-bond acceptors (Lipinski definition) is 6. The van der Waals surface area contributed by atoms with Crippen LogP contribution in [0.5, 0.6) is 0 Å². The second-order valence-electron chi connectivity index (χ2n) is 11.6. The average molecular weight is 571 g/mol. The number of urea groups is 1. The summed E-state index contributed by atoms with van der Waals surface area (Å²) in [6.45, 7) is -0.186. The maximum Gasteiger partial charge on any atom is 0.410 e. The maximum atomic E-state index is 13.9. The predicted octanol–water partition coefficient (Wildman–Crippen LogP) is 4.63. The Morgan fingerprint density at radius 1 is 1.12 bits per heavy atom. The molecule has 6 rings (SSSR count). The number of anilines is 1. The Hall–Kier alpha value is -3.03. The van der Waals surface area contributed by atoms with Gasteiger partial charge in [0.1, 0.15) is 17.9 Å². The summed E-state index contributed by atoms with van der Waals surface area (Å²) in [5.74, 6) is -3.15. The fourth-order valence-electron chi connectivity index (χ4n) is 6.05. The maximum absolute atomic E-state index is 13.9. The van der Waals surface area contributed by atoms with Crippen molar-refractivity contribution in [2.75, 3.05) is 18.4 Å². The summed E-state index contributed by atoms with van der Waals surface area (Å²) in [6.07, 6.45) is 0.0506. The van der Waals surface area contributed by atoms with Gasteiger partial charge in [-0.05, 0) is 68.1 Å². The largest absolute Gasteiger partial charge is 0.410 e. The molecule has 1 aromatic rings. The molecule has 218 valence electrons. The van der Waals surface area contributed by atoms with Gasteiger partial charge in [0.05, 0.1) is 24.8 Å². The molecule has 2 N–H and O–H groups in total. The Morgan fingerprint density at radius 2 is 1.85 bits per heavy atom. The molecule has 1 unspecified atom stereocenters. The van der Waals surface area contributed by atoms with Crippen LogP contribution in [0.4, 0.5) is 32.6 Å². The summed E-state index contributed by atoms with van der Waals surface area (Å²) >= 11 is 0. The van der Waals surface area contributed by atoms with Gasteiger partial charge in [0.25, 0.3) is 0 Å². The van der Waals surface area contributed by atoms with Gasteiger partial charge in [-0.15, -0.1) is 0 Å². The van der Waals surface area contributed by atoms with Crippen molar-refractivity contribution in [1.82, 2.24) is 20.3 Å². The highest BCUT2D eigenvalue weighted by Gasteiger charge is 2.51. The standard InChI is InChI=1S/C26H31F5N6O3/c27-25(28)8-5-16(6-9-25)22(37-12-18(35-40-37)14-1-2-14)23(38)34-20-11-17(7-10-32-20)21(15-3-4-15)36-13-19(26(29,30)31)33-24(36)39/h7,10-11,14-16,19,21-22H,1-6,8-9,12-13H2,(H,33,39)(H,32,34,38)/t19-,21?,22-/m0/s1. The summed E-state index contributed by atoms with van der Waals surface area (Å²) in [6, 6.07) is -1.01. The number of rotatable bonds is 8. The second-order valence-corrected chi connectivity index (χ2v) is 11.6. The zero-order valence-corrected chi connectivity index (χ0v) is 21.7. The van der Waals surface area contributed by atoms with Crippen LogP contribution in [0.25, 0.3) is 0 Å². The van der Waals surface area contributed by atoms with Crippen LogP contribution in [-0.2, 0) is 9.73 Å². The summed E-state index contributed by atoms with van der Waals surface area (Å²) in [5.41, 5.74) is 1.41. The smallest absolute Gasteiger partial charge is 0.324 e. The number of carbonyl (C=O) groups excluding carboxylic acids is 2. The van der Waals surface area contributed by atoms with Crippen molar-refractivity contribution in [3.63, 3.8) is 0 Å². The van der Waals surface area contributed by atoms with E-state index in [-0.39, 0.29) is 43.3 Å². The van der Waals surface area contributed by atoms with Crippen LogP contribution in [0.1, 0.15) is 63.0 Å². The minimum absolute atomic E-state index is 0.00339. The highest BCUT2D eigenvalue weighted by Crippen LogP contribution is 2.46. The third-order valence-electron chi connectivity index (χ3n) is 8.53. The molecule has 3 saturated carbocycles. The number of amides is 3. The van der Waals surface area contributed by atoms with Gasteiger partial charge in [0.15, 0.2) is 0 Å². The molecular formula is C26H31F5N6O3. The summed E-state index contributed by atoms with van der Waals surface area (Å²) < 4.78 is 67.7. The lowest BCUT2D eigenvalue weighted by Gasteiger charge is -2.35. The average Bonchev–Trinajstić information content (AvgIpc) is 3.82. The lowest BCUT2D eigenvalue weighted by Crippen LogP contribution is -2.49. The molecule has 40 heavy (non-hydrogen) atoms. The molecule has 4 fully saturated rings. The van der Waals surface area contributed by atoms with E-state index in [1.165, 1.54) is 16.2 Å². The molecular weight excluding hydrogens is 539 g/mol. The van der Waals surface area contributed by atoms with Gasteiger partial charge < -0.3 is 15.5 Å². The van der Waals surface area contributed by atoms with E-state index >= 15 is 0 Å². The first-order valence-electron chi connectivity index (χ1n) is 13.8. The highest BCUT2D eigenvalue weighted by molar-refractivity contribution is 5.96. The predicted molar refractivity (Wildman–Crippen MR) is 132 cm³/mol. The third-order valence-corrected chi connectivity index (χ3v) is 8.53. The molecule has 0 spiro atoms. The minimum Gasteiger partial charge on any atom is -0.324 e. The summed E-state index contributed by atoms with van der Waals surface area (Å²) in [5, 5.41) is 10.4. The number of nitrogens with one attached hydrogen (secondary N) is 2. The molecule has 1 aromatic heterocycles. The van der Waals surface area contributed by atoms with Crippen molar-refractivity contribution in [3.05, 3.63) is 23.9 Å². The van der Waals surface area contributed by atoms with Crippen LogP contribution in [0.2, 0.25) is 0 Å². The van der Waals surface area contributed by atoms with Gasteiger partial charge in [0, 0.05) is 25.0 Å². The zero-order valence-electron chi connectivity index (χ0n) is 21.7. The number of halogens is 5.